The van der Waals surface area contributed by atoms with Crippen LogP contribution in [0.15, 0.2) is 12.1 Å². The molecule has 122 valence electrons. The molecule has 1 aromatic carbocycles. The van der Waals surface area contributed by atoms with Crippen LogP contribution in [0.2, 0.25) is 0 Å². The van der Waals surface area contributed by atoms with Gasteiger partial charge in [0.05, 0.1) is 7.11 Å². The average molecular weight is 313 g/mol. The molecule has 1 saturated heterocycles. The van der Waals surface area contributed by atoms with Crippen molar-refractivity contribution in [1.29, 1.82) is 0 Å². The van der Waals surface area contributed by atoms with E-state index in [2.05, 4.69) is 24.9 Å². The lowest BCUT2D eigenvalue weighted by molar-refractivity contribution is -0.143. The molecule has 0 N–H and O–H groups in total. The second-order valence-electron chi connectivity index (χ2n) is 7.84. The van der Waals surface area contributed by atoms with Crippen LogP contribution in [0.5, 0.6) is 11.5 Å². The second kappa shape index (κ2) is 4.29. The van der Waals surface area contributed by atoms with Gasteiger partial charge < -0.3 is 14.4 Å². The fourth-order valence-electron chi connectivity index (χ4n) is 6.12. The molecule has 2 fully saturated rings. The number of benzene rings is 1. The van der Waals surface area contributed by atoms with E-state index in [1.165, 1.54) is 11.1 Å². The van der Waals surface area contributed by atoms with Gasteiger partial charge in [0.2, 0.25) is 0 Å². The molecule has 0 unspecified atom stereocenters. The molecular weight excluding hydrogens is 290 g/mol. The van der Waals surface area contributed by atoms with Gasteiger partial charge in [0.1, 0.15) is 0 Å². The van der Waals surface area contributed by atoms with E-state index in [0.29, 0.717) is 24.3 Å². The van der Waals surface area contributed by atoms with Crippen molar-refractivity contribution in [3.8, 4) is 11.5 Å². The van der Waals surface area contributed by atoms with Crippen LogP contribution in [0.1, 0.15) is 30.9 Å². The van der Waals surface area contributed by atoms with Crippen molar-refractivity contribution in [3.63, 3.8) is 0 Å². The third-order valence-electron chi connectivity index (χ3n) is 6.91. The normalized spacial score (nSPS) is 40.6. The maximum Gasteiger partial charge on any atom is 0.174 e. The molecule has 0 amide bonds. The molecule has 1 aromatic rings. The molecule has 5 rings (SSSR count). The van der Waals surface area contributed by atoms with Gasteiger partial charge in [-0.2, -0.15) is 0 Å². The summed E-state index contributed by atoms with van der Waals surface area (Å²) in [7, 11) is 3.92. The monoisotopic (exact) mass is 313 g/mol. The predicted octanol–water partition coefficient (Wildman–Crippen LogP) is 2.18. The Morgan fingerprint density at radius 1 is 1.35 bits per heavy atom. The number of likely N-dealkylation sites (tertiary alicyclic amines) is 1. The predicted molar refractivity (Wildman–Crippen MR) is 86.1 cm³/mol. The molecule has 2 bridgehead atoms. The summed E-state index contributed by atoms with van der Waals surface area (Å²) in [5.41, 5.74) is 2.54. The summed E-state index contributed by atoms with van der Waals surface area (Å²) >= 11 is 0. The SMILES string of the molecule is COc1ccc2c3c1O[C@H]1C(=O)C[C@H](C)[C@H]4[C@@H](C2)N(C)CC[C@@]341. The fraction of sp³-hybridized carbons (Fsp3) is 0.632. The zero-order valence-corrected chi connectivity index (χ0v) is 14.0. The number of nitrogens with zero attached hydrogens (tertiary/aromatic N) is 1. The maximum absolute atomic E-state index is 12.8. The molecule has 2 aliphatic heterocycles. The molecule has 4 nitrogen and oxygen atoms in total. The number of hydrogen-bond donors (Lipinski definition) is 0. The first-order valence-corrected chi connectivity index (χ1v) is 8.68. The number of hydrogen-bond acceptors (Lipinski definition) is 4. The Kier molecular flexibility index (Phi) is 2.59. The van der Waals surface area contributed by atoms with Gasteiger partial charge in [0.15, 0.2) is 23.4 Å². The van der Waals surface area contributed by atoms with E-state index in [1.54, 1.807) is 7.11 Å². The summed E-state index contributed by atoms with van der Waals surface area (Å²) in [4.78, 5) is 15.3. The molecule has 1 saturated carbocycles. The Balaban J connectivity index is 1.82. The molecule has 2 heterocycles. The quantitative estimate of drug-likeness (QED) is 0.796. The van der Waals surface area contributed by atoms with Crippen molar-refractivity contribution < 1.29 is 14.3 Å². The zero-order chi connectivity index (χ0) is 15.9. The van der Waals surface area contributed by atoms with Gasteiger partial charge in [0, 0.05) is 23.4 Å². The van der Waals surface area contributed by atoms with Gasteiger partial charge in [0.25, 0.3) is 0 Å². The third-order valence-corrected chi connectivity index (χ3v) is 6.91. The Bertz CT molecular complexity index is 715. The van der Waals surface area contributed by atoms with E-state index in [1.807, 2.05) is 6.07 Å². The number of ether oxygens (including phenoxy) is 2. The molecule has 0 radical (unpaired) electrons. The number of ketones is 1. The molecule has 4 heteroatoms. The van der Waals surface area contributed by atoms with Crippen LogP contribution in [-0.2, 0) is 16.6 Å². The summed E-state index contributed by atoms with van der Waals surface area (Å²) in [5, 5.41) is 0. The van der Waals surface area contributed by atoms with Crippen LogP contribution in [0.4, 0.5) is 0 Å². The minimum atomic E-state index is -0.301. The number of rotatable bonds is 1. The molecule has 0 aromatic heterocycles. The standard InChI is InChI=1S/C19H23NO3/c1-10-8-13(21)18-19-6-7-20(2)12(15(10)19)9-11-4-5-14(22-3)17(23-18)16(11)19/h4-5,10,12,15,18H,6-9H2,1-3H3/t10-,12+,15-,18-,19-/m0/s1. The number of carbonyl (C=O) groups is 1. The summed E-state index contributed by atoms with van der Waals surface area (Å²) in [6.07, 6.45) is 2.42. The highest BCUT2D eigenvalue weighted by Crippen LogP contribution is 2.64. The first kappa shape index (κ1) is 13.8. The highest BCUT2D eigenvalue weighted by Gasteiger charge is 2.67. The van der Waals surface area contributed by atoms with Gasteiger partial charge in [-0.25, -0.2) is 0 Å². The summed E-state index contributed by atoms with van der Waals surface area (Å²) in [6.45, 7) is 3.30. The van der Waals surface area contributed by atoms with Crippen LogP contribution in [0, 0.1) is 11.8 Å². The lowest BCUT2D eigenvalue weighted by Crippen LogP contribution is -2.67. The van der Waals surface area contributed by atoms with Crippen LogP contribution >= 0.6 is 0 Å². The van der Waals surface area contributed by atoms with Crippen molar-refractivity contribution in [1.82, 2.24) is 4.90 Å². The maximum atomic E-state index is 12.8. The van der Waals surface area contributed by atoms with E-state index in [0.717, 1.165) is 30.9 Å². The number of piperidine rings is 1. The first-order valence-electron chi connectivity index (χ1n) is 8.68. The summed E-state index contributed by atoms with van der Waals surface area (Å²) < 4.78 is 11.9. The topological polar surface area (TPSA) is 38.8 Å². The van der Waals surface area contributed by atoms with E-state index >= 15 is 0 Å². The van der Waals surface area contributed by atoms with Gasteiger partial charge in [-0.15, -0.1) is 0 Å². The minimum absolute atomic E-state index is 0.122. The van der Waals surface area contributed by atoms with Crippen molar-refractivity contribution in [2.45, 2.75) is 43.7 Å². The molecule has 5 atom stereocenters. The van der Waals surface area contributed by atoms with Gasteiger partial charge in [-0.05, 0) is 49.9 Å². The van der Waals surface area contributed by atoms with E-state index in [9.17, 15) is 4.79 Å². The van der Waals surface area contributed by atoms with E-state index in [4.69, 9.17) is 9.47 Å². The van der Waals surface area contributed by atoms with Gasteiger partial charge in [-0.1, -0.05) is 13.0 Å². The minimum Gasteiger partial charge on any atom is -0.493 e. The van der Waals surface area contributed by atoms with Crippen molar-refractivity contribution >= 4 is 5.78 Å². The zero-order valence-electron chi connectivity index (χ0n) is 14.0. The first-order chi connectivity index (χ1) is 11.1. The van der Waals surface area contributed by atoms with E-state index in [-0.39, 0.29) is 17.3 Å². The highest BCUT2D eigenvalue weighted by molar-refractivity contribution is 5.89. The summed E-state index contributed by atoms with van der Waals surface area (Å²) in [5.74, 6) is 2.84. The number of likely N-dealkylation sites (N-methyl/N-ethyl adjacent to an activating group) is 1. The van der Waals surface area contributed by atoms with E-state index < -0.39 is 0 Å². The molecular formula is C19H23NO3. The average Bonchev–Trinajstić information content (AvgIpc) is 2.88. The van der Waals surface area contributed by atoms with Gasteiger partial charge >= 0.3 is 0 Å². The molecule has 1 spiro atoms. The lowest BCUT2D eigenvalue weighted by Gasteiger charge is -2.59. The summed E-state index contributed by atoms with van der Waals surface area (Å²) in [6, 6.07) is 4.72. The number of methoxy groups -OCH3 is 1. The smallest absolute Gasteiger partial charge is 0.174 e. The second-order valence-corrected chi connectivity index (χ2v) is 7.84. The Hall–Kier alpha value is -1.55. The fourth-order valence-corrected chi connectivity index (χ4v) is 6.12. The molecule has 23 heavy (non-hydrogen) atoms. The largest absolute Gasteiger partial charge is 0.493 e. The van der Waals surface area contributed by atoms with Crippen LogP contribution in [0.25, 0.3) is 0 Å². The van der Waals surface area contributed by atoms with Crippen molar-refractivity contribution in [2.24, 2.45) is 11.8 Å². The Morgan fingerprint density at radius 3 is 2.96 bits per heavy atom. The Morgan fingerprint density at radius 2 is 2.17 bits per heavy atom. The molecule has 2 aliphatic carbocycles. The number of Topliss-reactive ketones (excluding diaryl/α,β-unsaturated/α-hetero) is 1. The van der Waals surface area contributed by atoms with Crippen LogP contribution in [-0.4, -0.2) is 43.5 Å². The number of carbonyl (C=O) groups excluding carboxylic acids is 1. The van der Waals surface area contributed by atoms with Crippen LogP contribution < -0.4 is 9.47 Å². The van der Waals surface area contributed by atoms with Crippen molar-refractivity contribution in [2.75, 3.05) is 20.7 Å². The van der Waals surface area contributed by atoms with Crippen molar-refractivity contribution in [3.05, 3.63) is 23.3 Å². The lowest BCUT2D eigenvalue weighted by atomic mass is 9.49. The molecule has 4 aliphatic rings. The highest BCUT2D eigenvalue weighted by atomic mass is 16.5. The third kappa shape index (κ3) is 1.44. The van der Waals surface area contributed by atoms with Gasteiger partial charge in [-0.3, -0.25) is 4.79 Å². The van der Waals surface area contributed by atoms with Crippen LogP contribution in [0.3, 0.4) is 0 Å². The Labute approximate surface area is 136 Å².